The van der Waals surface area contributed by atoms with Crippen LogP contribution in [0.15, 0.2) is 65.6 Å². The topological polar surface area (TPSA) is 43.3 Å². The number of phenolic OH excluding ortho intramolecular Hbond substituents is 1. The van der Waals surface area contributed by atoms with Crippen molar-refractivity contribution in [3.05, 3.63) is 60.7 Å². The van der Waals surface area contributed by atoms with Gasteiger partial charge in [-0.05, 0) is 18.2 Å². The third-order valence-corrected chi connectivity index (χ3v) is 3.76. The molecule has 0 unspecified atom stereocenters. The largest absolute Gasteiger partial charge is 0.787 e. The summed E-state index contributed by atoms with van der Waals surface area (Å²) in [5.74, 6) is 0.0323. The first-order valence-corrected chi connectivity index (χ1v) is 8.16. The van der Waals surface area contributed by atoms with E-state index in [2.05, 4.69) is 22.4 Å². The second kappa shape index (κ2) is 6.66. The van der Waals surface area contributed by atoms with Gasteiger partial charge in [0.25, 0.3) is 0 Å². The van der Waals surface area contributed by atoms with E-state index in [-0.39, 0.29) is 5.75 Å². The Morgan fingerprint density at radius 3 is 1.65 bits per heavy atom. The van der Waals surface area contributed by atoms with Crippen molar-refractivity contribution in [3.63, 3.8) is 0 Å². The van der Waals surface area contributed by atoms with Crippen LogP contribution in [-0.2, 0) is 29.8 Å². The summed E-state index contributed by atoms with van der Waals surface area (Å²) in [5, 5.41) is 8.96. The van der Waals surface area contributed by atoms with E-state index in [1.54, 1.807) is 12.1 Å². The Morgan fingerprint density at radius 2 is 1.35 bits per heavy atom. The molecule has 0 aliphatic carbocycles. The fourth-order valence-electron chi connectivity index (χ4n) is 1.02. The third-order valence-electron chi connectivity index (χ3n) is 1.77. The van der Waals surface area contributed by atoms with Crippen molar-refractivity contribution >= 4 is 29.8 Å². The Balaban J connectivity index is 0.000000202. The van der Waals surface area contributed by atoms with Gasteiger partial charge in [-0.3, -0.25) is 0 Å². The Hall–Kier alpha value is -1.01. The smallest absolute Gasteiger partial charge is 0.116 e. The molecule has 0 fully saturated rings. The van der Waals surface area contributed by atoms with Gasteiger partial charge in [-0.25, -0.2) is 0 Å². The van der Waals surface area contributed by atoms with Crippen LogP contribution in [0.5, 0.6) is 5.75 Å². The summed E-state index contributed by atoms with van der Waals surface area (Å²) in [7, 11) is -2.77. The highest BCUT2D eigenvalue weighted by molar-refractivity contribution is 8.53. The van der Waals surface area contributed by atoms with E-state index in [1.165, 1.54) is 12.1 Å². The van der Waals surface area contributed by atoms with Crippen LogP contribution in [0, 0.1) is 0 Å². The molecule has 2 aromatic carbocycles. The summed E-state index contributed by atoms with van der Waals surface area (Å²) < 4.78 is 11.1. The van der Waals surface area contributed by atoms with Crippen LogP contribution < -0.4 is 0 Å². The molecule has 0 amide bonds. The molecule has 0 aliphatic rings. The van der Waals surface area contributed by atoms with E-state index in [0.717, 1.165) is 0 Å². The number of aromatic hydroxyl groups is 1. The summed E-state index contributed by atoms with van der Waals surface area (Å²) in [5.41, 5.74) is 0. The molecule has 1 N–H and O–H groups in total. The Bertz CT molecular complexity index is 524. The Kier molecular flexibility index (Phi) is 5.50. The van der Waals surface area contributed by atoms with Crippen LogP contribution in [-0.4, -0.2) is 9.66 Å². The van der Waals surface area contributed by atoms with Crippen molar-refractivity contribution in [3.8, 4) is 5.75 Å². The summed E-state index contributed by atoms with van der Waals surface area (Å²) >= 11 is 9.08. The fourth-order valence-corrected chi connectivity index (χ4v) is 2.16. The minimum atomic E-state index is -2.77. The van der Waals surface area contributed by atoms with E-state index < -0.39 is 7.43 Å². The summed E-state index contributed by atoms with van der Waals surface area (Å²) in [6.07, 6.45) is 0. The number of rotatable bonds is 1. The zero-order chi connectivity index (χ0) is 12.7. The lowest BCUT2D eigenvalue weighted by Gasteiger charge is -2.13. The Labute approximate surface area is 111 Å². The van der Waals surface area contributed by atoms with Crippen molar-refractivity contribution in [2.75, 3.05) is 0 Å². The Morgan fingerprint density at radius 1 is 0.882 bits per heavy atom. The highest BCUT2D eigenvalue weighted by atomic mass is 33.1. The van der Waals surface area contributed by atoms with Gasteiger partial charge in [-0.15, -0.1) is 7.43 Å². The van der Waals surface area contributed by atoms with E-state index in [1.807, 2.05) is 36.4 Å². The first-order valence-electron chi connectivity index (χ1n) is 4.75. The normalized spacial score (nSPS) is 10.2. The number of hydrogen-bond donors (Lipinski definition) is 1. The summed E-state index contributed by atoms with van der Waals surface area (Å²) in [6.45, 7) is 0. The molecule has 90 valence electrons. The standard InChI is InChI=1S/C6H6O2S3.C6H6/c7-5-2-1-3-6(4-5)11(8,9)10;1-2-4-6-5-3-1/h1-4,7H,(H,8,9,10);1-6H/p-1. The van der Waals surface area contributed by atoms with Gasteiger partial charge in [0.1, 0.15) is 5.75 Å². The van der Waals surface area contributed by atoms with Gasteiger partial charge in [-0.1, -0.05) is 64.8 Å². The highest BCUT2D eigenvalue weighted by Crippen LogP contribution is 2.15. The summed E-state index contributed by atoms with van der Waals surface area (Å²) in [6, 6.07) is 17.9. The van der Waals surface area contributed by atoms with Crippen LogP contribution in [0.2, 0.25) is 0 Å². The molecule has 0 radical (unpaired) electrons. The fraction of sp³-hybridized carbons (Fsp3) is 0. The van der Waals surface area contributed by atoms with Crippen LogP contribution in [0.25, 0.3) is 0 Å². The SMILES string of the molecule is [O-]S(=S)(=S)c1cccc(O)c1.c1ccccc1. The molecule has 2 aromatic rings. The van der Waals surface area contributed by atoms with Crippen molar-refractivity contribution < 1.29 is 9.66 Å². The predicted octanol–water partition coefficient (Wildman–Crippen LogP) is 2.65. The van der Waals surface area contributed by atoms with Gasteiger partial charge >= 0.3 is 0 Å². The average molecular weight is 283 g/mol. The van der Waals surface area contributed by atoms with Crippen LogP contribution in [0.3, 0.4) is 0 Å². The molecule has 0 aliphatic heterocycles. The highest BCUT2D eigenvalue weighted by Gasteiger charge is 1.93. The third kappa shape index (κ3) is 5.74. The van der Waals surface area contributed by atoms with E-state index in [4.69, 9.17) is 5.11 Å². The van der Waals surface area contributed by atoms with E-state index in [0.29, 0.717) is 4.90 Å². The zero-order valence-electron chi connectivity index (χ0n) is 8.85. The minimum absolute atomic E-state index is 0.0323. The lowest BCUT2D eigenvalue weighted by Crippen LogP contribution is -1.93. The van der Waals surface area contributed by atoms with Crippen molar-refractivity contribution in [2.24, 2.45) is 0 Å². The maximum atomic E-state index is 11.1. The van der Waals surface area contributed by atoms with Gasteiger partial charge in [0, 0.05) is 4.90 Å². The molecule has 2 nitrogen and oxygen atoms in total. The van der Waals surface area contributed by atoms with Gasteiger partial charge in [0.15, 0.2) is 0 Å². The molecule has 2 rings (SSSR count). The second-order valence-electron chi connectivity index (χ2n) is 3.11. The first-order chi connectivity index (χ1) is 8.00. The molecular weight excluding hydrogens is 272 g/mol. The zero-order valence-corrected chi connectivity index (χ0v) is 11.3. The molecular formula is C12H11O2S3-. The summed E-state index contributed by atoms with van der Waals surface area (Å²) in [4.78, 5) is 0.322. The number of hydrogen-bond acceptors (Lipinski definition) is 4. The van der Waals surface area contributed by atoms with Crippen molar-refractivity contribution in [1.82, 2.24) is 0 Å². The van der Waals surface area contributed by atoms with Crippen LogP contribution in [0.4, 0.5) is 0 Å². The van der Waals surface area contributed by atoms with Crippen LogP contribution >= 0.6 is 0 Å². The predicted molar refractivity (Wildman–Crippen MR) is 75.7 cm³/mol. The molecule has 5 heteroatoms. The molecule has 0 bridgehead atoms. The number of benzene rings is 2. The van der Waals surface area contributed by atoms with Gasteiger partial charge < -0.3 is 9.66 Å². The molecule has 0 atom stereocenters. The molecule has 17 heavy (non-hydrogen) atoms. The van der Waals surface area contributed by atoms with Gasteiger partial charge in [0.05, 0.1) is 0 Å². The maximum Gasteiger partial charge on any atom is 0.116 e. The van der Waals surface area contributed by atoms with E-state index in [9.17, 15) is 4.55 Å². The lowest BCUT2D eigenvalue weighted by atomic mass is 10.3. The van der Waals surface area contributed by atoms with Crippen molar-refractivity contribution in [2.45, 2.75) is 4.90 Å². The quantitative estimate of drug-likeness (QED) is 0.874. The molecule has 0 saturated carbocycles. The average Bonchev–Trinajstić information content (AvgIpc) is 2.31. The minimum Gasteiger partial charge on any atom is -0.787 e. The van der Waals surface area contributed by atoms with E-state index >= 15 is 0 Å². The molecule has 0 spiro atoms. The lowest BCUT2D eigenvalue weighted by molar-refractivity contribution is 0.473. The second-order valence-corrected chi connectivity index (χ2v) is 7.94. The monoisotopic (exact) mass is 283 g/mol. The maximum absolute atomic E-state index is 11.1. The first kappa shape index (κ1) is 14.1. The van der Waals surface area contributed by atoms with Crippen molar-refractivity contribution in [1.29, 1.82) is 0 Å². The molecule has 0 heterocycles. The molecule has 0 aromatic heterocycles. The van der Waals surface area contributed by atoms with Gasteiger partial charge in [-0.2, -0.15) is 0 Å². The number of phenols is 1. The van der Waals surface area contributed by atoms with Crippen LogP contribution in [0.1, 0.15) is 0 Å². The molecule has 0 saturated heterocycles. The van der Waals surface area contributed by atoms with Gasteiger partial charge in [0.2, 0.25) is 0 Å².